The molecule has 3 aromatic heterocycles. The molecule has 0 atom stereocenters. The van der Waals surface area contributed by atoms with E-state index in [-0.39, 0.29) is 11.7 Å². The number of hydrogen-bond donors (Lipinski definition) is 1. The molecular weight excluding hydrogens is 393 g/mol. The zero-order valence-electron chi connectivity index (χ0n) is 17.4. The van der Waals surface area contributed by atoms with Gasteiger partial charge in [0, 0.05) is 35.4 Å². The van der Waals surface area contributed by atoms with Crippen LogP contribution < -0.4 is 5.32 Å². The number of carbonyl (C=O) groups is 1. The van der Waals surface area contributed by atoms with Crippen molar-refractivity contribution in [2.45, 2.75) is 39.2 Å². The second kappa shape index (κ2) is 7.58. The van der Waals surface area contributed by atoms with E-state index < -0.39 is 0 Å². The SMILES string of the molecule is Cc1cc(C)n(-c2ccc(CNC(=O)c3cc(C4CC4)nc4ccc(F)cc34)cn2)n1. The summed E-state index contributed by atoms with van der Waals surface area (Å²) >= 11 is 0. The van der Waals surface area contributed by atoms with Crippen LogP contribution >= 0.6 is 0 Å². The van der Waals surface area contributed by atoms with Crippen molar-refractivity contribution in [1.29, 1.82) is 0 Å². The summed E-state index contributed by atoms with van der Waals surface area (Å²) < 4.78 is 15.6. The zero-order chi connectivity index (χ0) is 21.5. The second-order valence-electron chi connectivity index (χ2n) is 8.08. The van der Waals surface area contributed by atoms with E-state index in [0.29, 0.717) is 28.9 Å². The highest BCUT2D eigenvalue weighted by Crippen LogP contribution is 2.40. The van der Waals surface area contributed by atoms with E-state index in [0.717, 1.165) is 41.3 Å². The molecule has 7 heteroatoms. The fourth-order valence-corrected chi connectivity index (χ4v) is 3.78. The van der Waals surface area contributed by atoms with E-state index in [4.69, 9.17) is 0 Å². The number of aryl methyl sites for hydroxylation is 2. The monoisotopic (exact) mass is 415 g/mol. The van der Waals surface area contributed by atoms with Crippen molar-refractivity contribution in [3.8, 4) is 5.82 Å². The third-order valence-corrected chi connectivity index (χ3v) is 5.52. The highest BCUT2D eigenvalue weighted by molar-refractivity contribution is 6.06. The van der Waals surface area contributed by atoms with E-state index in [2.05, 4.69) is 20.4 Å². The Morgan fingerprint density at radius 1 is 1.16 bits per heavy atom. The van der Waals surface area contributed by atoms with Gasteiger partial charge in [-0.3, -0.25) is 9.78 Å². The maximum atomic E-state index is 13.8. The Morgan fingerprint density at radius 2 is 2.00 bits per heavy atom. The topological polar surface area (TPSA) is 72.7 Å². The number of rotatable bonds is 5. The van der Waals surface area contributed by atoms with E-state index in [1.165, 1.54) is 12.1 Å². The van der Waals surface area contributed by atoms with Crippen molar-refractivity contribution in [1.82, 2.24) is 25.1 Å². The standard InChI is InChI=1S/C24H22FN5O/c1-14-9-15(2)30(29-14)23-8-3-16(12-26-23)13-27-24(31)20-11-22(17-4-5-17)28-21-7-6-18(25)10-19(20)21/h3,6-12,17H,4-5,13H2,1-2H3,(H,27,31). The summed E-state index contributed by atoms with van der Waals surface area (Å²) in [6.45, 7) is 4.24. The Labute approximate surface area is 179 Å². The molecule has 0 saturated heterocycles. The van der Waals surface area contributed by atoms with Crippen molar-refractivity contribution < 1.29 is 9.18 Å². The van der Waals surface area contributed by atoms with Crippen LogP contribution in [0.3, 0.4) is 0 Å². The van der Waals surface area contributed by atoms with Gasteiger partial charge in [-0.05, 0) is 68.7 Å². The molecule has 6 nitrogen and oxygen atoms in total. The largest absolute Gasteiger partial charge is 0.348 e. The number of benzene rings is 1. The Kier molecular flexibility index (Phi) is 4.73. The zero-order valence-corrected chi connectivity index (χ0v) is 17.4. The molecule has 0 aliphatic heterocycles. The van der Waals surface area contributed by atoms with Gasteiger partial charge >= 0.3 is 0 Å². The normalized spacial score (nSPS) is 13.5. The molecule has 0 unspecified atom stereocenters. The van der Waals surface area contributed by atoms with Crippen molar-refractivity contribution in [2.75, 3.05) is 0 Å². The van der Waals surface area contributed by atoms with E-state index >= 15 is 0 Å². The number of amides is 1. The summed E-state index contributed by atoms with van der Waals surface area (Å²) in [6, 6.07) is 12.0. The van der Waals surface area contributed by atoms with Crippen LogP contribution in [-0.4, -0.2) is 25.7 Å². The quantitative estimate of drug-likeness (QED) is 0.525. The Morgan fingerprint density at radius 3 is 2.68 bits per heavy atom. The minimum atomic E-state index is -0.383. The fraction of sp³-hybridized carbons (Fsp3) is 0.250. The van der Waals surface area contributed by atoms with Gasteiger partial charge in [-0.2, -0.15) is 5.10 Å². The average molecular weight is 415 g/mol. The van der Waals surface area contributed by atoms with Gasteiger partial charge in [-0.15, -0.1) is 0 Å². The van der Waals surface area contributed by atoms with Crippen LogP contribution in [-0.2, 0) is 6.54 Å². The summed E-state index contributed by atoms with van der Waals surface area (Å²) in [5.41, 5.74) is 4.81. The first-order valence-corrected chi connectivity index (χ1v) is 10.3. The molecule has 156 valence electrons. The molecule has 1 aliphatic rings. The lowest BCUT2D eigenvalue weighted by molar-refractivity contribution is 0.0952. The van der Waals surface area contributed by atoms with Gasteiger partial charge in [0.25, 0.3) is 5.91 Å². The number of aromatic nitrogens is 4. The van der Waals surface area contributed by atoms with Crippen LogP contribution in [0.2, 0.25) is 0 Å². The molecule has 0 spiro atoms. The third-order valence-electron chi connectivity index (χ3n) is 5.52. The Bertz CT molecular complexity index is 1290. The van der Waals surface area contributed by atoms with Crippen LogP contribution in [0.5, 0.6) is 0 Å². The molecule has 1 aliphatic carbocycles. The van der Waals surface area contributed by atoms with Crippen LogP contribution in [0, 0.1) is 19.7 Å². The molecule has 31 heavy (non-hydrogen) atoms. The number of hydrogen-bond acceptors (Lipinski definition) is 4. The molecule has 0 radical (unpaired) electrons. The van der Waals surface area contributed by atoms with Gasteiger partial charge in [0.15, 0.2) is 5.82 Å². The minimum Gasteiger partial charge on any atom is -0.348 e. The molecule has 3 heterocycles. The van der Waals surface area contributed by atoms with Gasteiger partial charge in [0.1, 0.15) is 5.82 Å². The second-order valence-corrected chi connectivity index (χ2v) is 8.08. The first-order chi connectivity index (χ1) is 15.0. The Balaban J connectivity index is 1.36. The molecular formula is C24H22FN5O. The van der Waals surface area contributed by atoms with E-state index in [9.17, 15) is 9.18 Å². The summed E-state index contributed by atoms with van der Waals surface area (Å²) in [4.78, 5) is 22.1. The summed E-state index contributed by atoms with van der Waals surface area (Å²) in [5, 5.41) is 7.90. The number of carbonyl (C=O) groups excluding carboxylic acids is 1. The first kappa shape index (κ1) is 19.4. The molecule has 1 aromatic carbocycles. The van der Waals surface area contributed by atoms with Crippen LogP contribution in [0.15, 0.2) is 48.7 Å². The van der Waals surface area contributed by atoms with Crippen molar-refractivity contribution in [2.24, 2.45) is 0 Å². The van der Waals surface area contributed by atoms with E-state index in [1.807, 2.05) is 32.0 Å². The predicted molar refractivity (Wildman–Crippen MR) is 116 cm³/mol. The summed E-state index contributed by atoms with van der Waals surface area (Å²) in [5.74, 6) is 0.492. The van der Waals surface area contributed by atoms with Crippen LogP contribution in [0.1, 0.15) is 51.8 Å². The lowest BCUT2D eigenvalue weighted by Gasteiger charge is -2.11. The molecule has 1 N–H and O–H groups in total. The molecule has 0 bridgehead atoms. The van der Waals surface area contributed by atoms with Gasteiger partial charge < -0.3 is 5.32 Å². The minimum absolute atomic E-state index is 0.248. The highest BCUT2D eigenvalue weighted by atomic mass is 19.1. The average Bonchev–Trinajstić information content (AvgIpc) is 3.55. The van der Waals surface area contributed by atoms with Gasteiger partial charge in [-0.25, -0.2) is 14.1 Å². The molecule has 1 saturated carbocycles. The predicted octanol–water partition coefficient (Wildman–Crippen LogP) is 4.38. The van der Waals surface area contributed by atoms with Crippen molar-refractivity contribution in [3.63, 3.8) is 0 Å². The first-order valence-electron chi connectivity index (χ1n) is 10.3. The van der Waals surface area contributed by atoms with Gasteiger partial charge in [0.05, 0.1) is 16.8 Å². The van der Waals surface area contributed by atoms with Crippen molar-refractivity contribution >= 4 is 16.8 Å². The highest BCUT2D eigenvalue weighted by Gasteiger charge is 2.27. The van der Waals surface area contributed by atoms with E-state index in [1.54, 1.807) is 23.0 Å². The van der Waals surface area contributed by atoms with Crippen molar-refractivity contribution in [3.05, 3.63) is 82.7 Å². The molecule has 5 rings (SSSR count). The molecule has 1 fully saturated rings. The van der Waals surface area contributed by atoms with Gasteiger partial charge in [0.2, 0.25) is 0 Å². The fourth-order valence-electron chi connectivity index (χ4n) is 3.78. The number of nitrogens with one attached hydrogen (secondary N) is 1. The number of nitrogens with zero attached hydrogens (tertiary/aromatic N) is 4. The Hall–Kier alpha value is -3.61. The van der Waals surface area contributed by atoms with Crippen LogP contribution in [0.25, 0.3) is 16.7 Å². The number of fused-ring (bicyclic) bond motifs is 1. The maximum Gasteiger partial charge on any atom is 0.252 e. The summed E-state index contributed by atoms with van der Waals surface area (Å²) in [6.07, 6.45) is 3.88. The van der Waals surface area contributed by atoms with Crippen LogP contribution in [0.4, 0.5) is 4.39 Å². The molecule has 4 aromatic rings. The van der Waals surface area contributed by atoms with Gasteiger partial charge in [-0.1, -0.05) is 6.07 Å². The maximum absolute atomic E-state index is 13.8. The summed E-state index contributed by atoms with van der Waals surface area (Å²) in [7, 11) is 0. The number of pyridine rings is 2. The smallest absolute Gasteiger partial charge is 0.252 e. The number of halogens is 1. The third kappa shape index (κ3) is 3.91. The lowest BCUT2D eigenvalue weighted by atomic mass is 10.0. The lowest BCUT2D eigenvalue weighted by Crippen LogP contribution is -2.23. The molecule has 1 amide bonds.